The van der Waals surface area contributed by atoms with E-state index in [1.807, 2.05) is 20.8 Å². The fourth-order valence-electron chi connectivity index (χ4n) is 3.61. The first-order valence-electron chi connectivity index (χ1n) is 9.98. The summed E-state index contributed by atoms with van der Waals surface area (Å²) in [5.41, 5.74) is 1.69. The second-order valence-electron chi connectivity index (χ2n) is 8.40. The van der Waals surface area contributed by atoms with Gasteiger partial charge in [-0.2, -0.15) is 5.10 Å². The van der Waals surface area contributed by atoms with Crippen molar-refractivity contribution in [3.8, 4) is 0 Å². The monoisotopic (exact) mass is 392 g/mol. The lowest BCUT2D eigenvalue weighted by molar-refractivity contribution is 0.0222. The highest BCUT2D eigenvalue weighted by molar-refractivity contribution is 5.94. The van der Waals surface area contributed by atoms with Crippen LogP contribution in [0.4, 0.5) is 4.79 Å². The number of nitrogens with zero attached hydrogens (tertiary/aromatic N) is 4. The summed E-state index contributed by atoms with van der Waals surface area (Å²) in [5.74, 6) is -0.141. The van der Waals surface area contributed by atoms with Gasteiger partial charge in [-0.3, -0.25) is 14.4 Å². The Kier molecular flexibility index (Phi) is 6.24. The maximum absolute atomic E-state index is 12.8. The number of aromatic nitrogens is 2. The molecule has 3 heterocycles. The van der Waals surface area contributed by atoms with Crippen LogP contribution in [0.25, 0.3) is 0 Å². The molecule has 2 aliphatic heterocycles. The maximum Gasteiger partial charge on any atom is 0.410 e. The van der Waals surface area contributed by atoms with E-state index in [4.69, 9.17) is 4.74 Å². The maximum atomic E-state index is 12.8. The number of aryl methyl sites for hydroxylation is 1. The molecule has 1 aromatic rings. The summed E-state index contributed by atoms with van der Waals surface area (Å²) in [5, 5.41) is 10.8. The van der Waals surface area contributed by atoms with Crippen molar-refractivity contribution in [2.75, 3.05) is 45.8 Å². The highest BCUT2D eigenvalue weighted by Crippen LogP contribution is 2.23. The molecule has 1 fully saturated rings. The van der Waals surface area contributed by atoms with Gasteiger partial charge in [-0.05, 0) is 20.8 Å². The predicted octanol–water partition coefficient (Wildman–Crippen LogP) is 0.348. The molecule has 0 radical (unpaired) electrons. The zero-order valence-electron chi connectivity index (χ0n) is 17.4. The minimum Gasteiger partial charge on any atom is -0.444 e. The van der Waals surface area contributed by atoms with Crippen molar-refractivity contribution < 1.29 is 14.3 Å². The van der Waals surface area contributed by atoms with Gasteiger partial charge in [0.25, 0.3) is 5.91 Å². The standard InChI is InChI=1S/C19H32N6O3/c1-19(2,3)28-18(27)25-9-5-15-14(13-25)16(23(4)22-15)17(26)21-8-12-24-10-6-20-7-11-24/h20H,5-13H2,1-4H3,(H,21,26). The summed E-state index contributed by atoms with van der Waals surface area (Å²) in [6, 6.07) is 0. The molecule has 0 aromatic carbocycles. The highest BCUT2D eigenvalue weighted by Gasteiger charge is 2.31. The number of nitrogens with one attached hydrogen (secondary N) is 2. The van der Waals surface area contributed by atoms with Gasteiger partial charge in [-0.1, -0.05) is 0 Å². The SMILES string of the molecule is Cn1nc2c(c1C(=O)NCCN1CCNCC1)CN(C(=O)OC(C)(C)C)CC2. The largest absolute Gasteiger partial charge is 0.444 e. The van der Waals surface area contributed by atoms with Gasteiger partial charge in [0.1, 0.15) is 11.3 Å². The molecule has 1 aromatic heterocycles. The zero-order valence-corrected chi connectivity index (χ0v) is 17.4. The summed E-state index contributed by atoms with van der Waals surface area (Å²) in [7, 11) is 1.78. The van der Waals surface area contributed by atoms with Gasteiger partial charge < -0.3 is 20.3 Å². The molecule has 28 heavy (non-hydrogen) atoms. The number of rotatable bonds is 4. The number of carbonyl (C=O) groups excluding carboxylic acids is 2. The number of amides is 2. The molecule has 2 amide bonds. The summed E-state index contributed by atoms with van der Waals surface area (Å²) >= 11 is 0. The van der Waals surface area contributed by atoms with E-state index in [0.717, 1.165) is 44.0 Å². The summed E-state index contributed by atoms with van der Waals surface area (Å²) in [6.45, 7) is 11.8. The molecule has 3 rings (SSSR count). The Balaban J connectivity index is 1.62. The van der Waals surface area contributed by atoms with Crippen LogP contribution in [0.3, 0.4) is 0 Å². The van der Waals surface area contributed by atoms with Gasteiger partial charge in [0.2, 0.25) is 0 Å². The normalized spacial score (nSPS) is 17.9. The summed E-state index contributed by atoms with van der Waals surface area (Å²) in [4.78, 5) is 29.2. The number of ether oxygens (including phenoxy) is 1. The van der Waals surface area contributed by atoms with Crippen LogP contribution >= 0.6 is 0 Å². The Labute approximate surface area is 166 Å². The van der Waals surface area contributed by atoms with Crippen molar-refractivity contribution in [2.24, 2.45) is 7.05 Å². The van der Waals surface area contributed by atoms with Crippen molar-refractivity contribution >= 4 is 12.0 Å². The third-order valence-electron chi connectivity index (χ3n) is 4.99. The van der Waals surface area contributed by atoms with E-state index >= 15 is 0 Å². The van der Waals surface area contributed by atoms with Crippen LogP contribution in [0.1, 0.15) is 42.5 Å². The van der Waals surface area contributed by atoms with E-state index in [-0.39, 0.29) is 12.0 Å². The molecular weight excluding hydrogens is 360 g/mol. The molecule has 1 saturated heterocycles. The van der Waals surface area contributed by atoms with Crippen molar-refractivity contribution in [2.45, 2.75) is 39.3 Å². The molecule has 0 saturated carbocycles. The average Bonchev–Trinajstić information content (AvgIpc) is 2.96. The van der Waals surface area contributed by atoms with Crippen molar-refractivity contribution in [3.05, 3.63) is 17.0 Å². The Hall–Kier alpha value is -2.13. The Bertz CT molecular complexity index is 718. The smallest absolute Gasteiger partial charge is 0.410 e. The Morgan fingerprint density at radius 2 is 1.93 bits per heavy atom. The van der Waals surface area contributed by atoms with Crippen LogP contribution in [0.5, 0.6) is 0 Å². The third-order valence-corrected chi connectivity index (χ3v) is 4.99. The Morgan fingerprint density at radius 3 is 2.61 bits per heavy atom. The molecular formula is C19H32N6O3. The van der Waals surface area contributed by atoms with Gasteiger partial charge in [-0.15, -0.1) is 0 Å². The minimum atomic E-state index is -0.545. The molecule has 0 bridgehead atoms. The van der Waals surface area contributed by atoms with Crippen LogP contribution in [0.15, 0.2) is 0 Å². The zero-order chi connectivity index (χ0) is 20.3. The van der Waals surface area contributed by atoms with E-state index in [1.165, 1.54) is 0 Å². The lowest BCUT2D eigenvalue weighted by atomic mass is 10.1. The van der Waals surface area contributed by atoms with Crippen LogP contribution in [0, 0.1) is 0 Å². The number of piperazine rings is 1. The third kappa shape index (κ3) is 5.02. The first-order valence-corrected chi connectivity index (χ1v) is 9.98. The van der Waals surface area contributed by atoms with Gasteiger partial charge >= 0.3 is 6.09 Å². The van der Waals surface area contributed by atoms with Crippen LogP contribution in [-0.4, -0.2) is 83.0 Å². The van der Waals surface area contributed by atoms with Gasteiger partial charge in [0, 0.05) is 64.8 Å². The lowest BCUT2D eigenvalue weighted by Gasteiger charge is -2.30. The first kappa shape index (κ1) is 20.6. The van der Waals surface area contributed by atoms with Crippen molar-refractivity contribution in [3.63, 3.8) is 0 Å². The highest BCUT2D eigenvalue weighted by atomic mass is 16.6. The summed E-state index contributed by atoms with van der Waals surface area (Å²) in [6.07, 6.45) is 0.267. The molecule has 0 unspecified atom stereocenters. The van der Waals surface area contributed by atoms with E-state index < -0.39 is 5.60 Å². The minimum absolute atomic E-state index is 0.141. The van der Waals surface area contributed by atoms with E-state index in [2.05, 4.69) is 20.6 Å². The van der Waals surface area contributed by atoms with Crippen molar-refractivity contribution in [1.29, 1.82) is 0 Å². The van der Waals surface area contributed by atoms with E-state index in [1.54, 1.807) is 16.6 Å². The molecule has 2 N–H and O–H groups in total. The second-order valence-corrected chi connectivity index (χ2v) is 8.40. The number of fused-ring (bicyclic) bond motifs is 1. The van der Waals surface area contributed by atoms with Gasteiger partial charge in [0.15, 0.2) is 0 Å². The number of carbonyl (C=O) groups is 2. The molecule has 0 spiro atoms. The Morgan fingerprint density at radius 1 is 1.21 bits per heavy atom. The first-order chi connectivity index (χ1) is 13.2. The van der Waals surface area contributed by atoms with Crippen molar-refractivity contribution in [1.82, 2.24) is 30.2 Å². The van der Waals surface area contributed by atoms with Crippen LogP contribution in [-0.2, 0) is 24.8 Å². The number of hydrogen-bond acceptors (Lipinski definition) is 6. The lowest BCUT2D eigenvalue weighted by Crippen LogP contribution is -2.46. The topological polar surface area (TPSA) is 91.7 Å². The molecule has 9 heteroatoms. The fraction of sp³-hybridized carbons (Fsp3) is 0.737. The van der Waals surface area contributed by atoms with E-state index in [9.17, 15) is 9.59 Å². The van der Waals surface area contributed by atoms with Gasteiger partial charge in [-0.25, -0.2) is 4.79 Å². The fourth-order valence-corrected chi connectivity index (χ4v) is 3.61. The molecule has 9 nitrogen and oxygen atoms in total. The molecule has 0 aliphatic carbocycles. The predicted molar refractivity (Wildman–Crippen MR) is 105 cm³/mol. The molecule has 156 valence electrons. The summed E-state index contributed by atoms with van der Waals surface area (Å²) < 4.78 is 7.11. The second kappa shape index (κ2) is 8.48. The number of hydrogen-bond donors (Lipinski definition) is 2. The molecule has 0 atom stereocenters. The van der Waals surface area contributed by atoms with E-state index in [0.29, 0.717) is 31.7 Å². The quantitative estimate of drug-likeness (QED) is 0.768. The van der Waals surface area contributed by atoms with Crippen LogP contribution in [0.2, 0.25) is 0 Å². The van der Waals surface area contributed by atoms with Gasteiger partial charge in [0.05, 0.1) is 12.2 Å². The van der Waals surface area contributed by atoms with Crippen LogP contribution < -0.4 is 10.6 Å². The molecule has 2 aliphatic rings. The average molecular weight is 393 g/mol.